The molecule has 0 bridgehead atoms. The lowest BCUT2D eigenvalue weighted by Crippen LogP contribution is -2.34. The summed E-state index contributed by atoms with van der Waals surface area (Å²) in [6.07, 6.45) is 4.35. The van der Waals surface area contributed by atoms with E-state index in [1.807, 2.05) is 17.5 Å². The van der Waals surface area contributed by atoms with Gasteiger partial charge in [0.25, 0.3) is 5.91 Å². The second kappa shape index (κ2) is 8.79. The summed E-state index contributed by atoms with van der Waals surface area (Å²) < 4.78 is 1.42. The second-order valence-corrected chi connectivity index (χ2v) is 7.28. The number of nitrogens with one attached hydrogen (secondary N) is 2. The van der Waals surface area contributed by atoms with Crippen molar-refractivity contribution < 1.29 is 9.59 Å². The Labute approximate surface area is 174 Å². The smallest absolute Gasteiger partial charge is 0.254 e. The lowest BCUT2D eigenvalue weighted by Gasteiger charge is -2.12. The van der Waals surface area contributed by atoms with Crippen molar-refractivity contribution in [2.45, 2.75) is 0 Å². The number of aromatic nitrogens is 2. The van der Waals surface area contributed by atoms with Gasteiger partial charge in [-0.15, -0.1) is 11.3 Å². The molecule has 142 valence electrons. The fourth-order valence-corrected chi connectivity index (χ4v) is 3.29. The molecule has 3 aromatic rings. The molecule has 7 nitrogen and oxygen atoms in total. The van der Waals surface area contributed by atoms with Crippen molar-refractivity contribution in [1.82, 2.24) is 15.1 Å². The van der Waals surface area contributed by atoms with Crippen LogP contribution in [0.5, 0.6) is 0 Å². The Morgan fingerprint density at radius 3 is 2.79 bits per heavy atom. The number of hydrogen-bond donors (Lipinski definition) is 3. The highest BCUT2D eigenvalue weighted by molar-refractivity contribution is 7.80. The third kappa shape index (κ3) is 4.83. The van der Waals surface area contributed by atoms with Crippen LogP contribution in [0.4, 0.5) is 5.82 Å². The molecule has 0 saturated heterocycles. The van der Waals surface area contributed by atoms with E-state index >= 15 is 0 Å². The Balaban J connectivity index is 1.78. The predicted molar refractivity (Wildman–Crippen MR) is 115 cm³/mol. The first-order valence-electron chi connectivity index (χ1n) is 7.91. The van der Waals surface area contributed by atoms with Crippen LogP contribution in [0.2, 0.25) is 5.02 Å². The first kappa shape index (κ1) is 19.7. The van der Waals surface area contributed by atoms with Crippen LogP contribution in [-0.4, -0.2) is 26.7 Å². The summed E-state index contributed by atoms with van der Waals surface area (Å²) in [5.74, 6) is -0.884. The van der Waals surface area contributed by atoms with E-state index in [9.17, 15) is 9.59 Å². The third-order valence-corrected chi connectivity index (χ3v) is 4.78. The molecule has 0 aliphatic carbocycles. The van der Waals surface area contributed by atoms with Crippen molar-refractivity contribution in [1.29, 1.82) is 0 Å². The Morgan fingerprint density at radius 2 is 2.11 bits per heavy atom. The molecule has 0 saturated carbocycles. The van der Waals surface area contributed by atoms with Crippen molar-refractivity contribution in [3.8, 4) is 5.69 Å². The largest absolute Gasteiger partial charge is 0.365 e. The maximum atomic E-state index is 12.0. The minimum absolute atomic E-state index is 0.00731. The van der Waals surface area contributed by atoms with Gasteiger partial charge in [0.1, 0.15) is 11.4 Å². The van der Waals surface area contributed by atoms with Crippen LogP contribution in [-0.2, 0) is 4.79 Å². The van der Waals surface area contributed by atoms with Gasteiger partial charge in [-0.1, -0.05) is 23.7 Å². The van der Waals surface area contributed by atoms with Gasteiger partial charge in [0.2, 0.25) is 5.91 Å². The number of nitrogens with zero attached hydrogens (tertiary/aromatic N) is 2. The van der Waals surface area contributed by atoms with Gasteiger partial charge in [-0.25, -0.2) is 4.68 Å². The van der Waals surface area contributed by atoms with E-state index in [2.05, 4.69) is 15.7 Å². The van der Waals surface area contributed by atoms with Crippen LogP contribution >= 0.6 is 35.2 Å². The normalized spacial score (nSPS) is 10.8. The van der Waals surface area contributed by atoms with Gasteiger partial charge >= 0.3 is 0 Å². The number of primary amides is 1. The highest BCUT2D eigenvalue weighted by Gasteiger charge is 2.18. The number of thiophene rings is 1. The third-order valence-electron chi connectivity index (χ3n) is 3.50. The summed E-state index contributed by atoms with van der Waals surface area (Å²) in [6, 6.07) is 10.6. The fourth-order valence-electron chi connectivity index (χ4n) is 2.29. The zero-order valence-corrected chi connectivity index (χ0v) is 16.6. The lowest BCUT2D eigenvalue weighted by atomic mass is 10.3. The number of hydrogen-bond acceptors (Lipinski definition) is 5. The molecule has 0 aliphatic heterocycles. The quantitative estimate of drug-likeness (QED) is 0.425. The van der Waals surface area contributed by atoms with Crippen molar-refractivity contribution in [2.24, 2.45) is 5.73 Å². The molecule has 4 N–H and O–H groups in total. The molecule has 2 amide bonds. The molecule has 3 rings (SSSR count). The highest BCUT2D eigenvalue weighted by atomic mass is 35.5. The molecule has 1 aromatic carbocycles. The summed E-state index contributed by atoms with van der Waals surface area (Å²) in [5.41, 5.74) is 6.12. The van der Waals surface area contributed by atoms with Gasteiger partial charge in [0, 0.05) is 16.0 Å². The number of halogens is 1. The van der Waals surface area contributed by atoms with Crippen molar-refractivity contribution in [3.63, 3.8) is 0 Å². The maximum absolute atomic E-state index is 12.0. The predicted octanol–water partition coefficient (Wildman–Crippen LogP) is 3.21. The summed E-state index contributed by atoms with van der Waals surface area (Å²) in [4.78, 5) is 24.7. The lowest BCUT2D eigenvalue weighted by molar-refractivity contribution is -0.115. The average Bonchev–Trinajstić information content (AvgIpc) is 3.29. The number of nitrogens with two attached hydrogens (primary N) is 1. The van der Waals surface area contributed by atoms with Crippen molar-refractivity contribution in [2.75, 3.05) is 5.32 Å². The Bertz CT molecular complexity index is 1060. The number of rotatable bonds is 5. The van der Waals surface area contributed by atoms with Crippen LogP contribution in [0, 0.1) is 0 Å². The molecule has 0 fully saturated rings. The summed E-state index contributed by atoms with van der Waals surface area (Å²) in [7, 11) is 0. The van der Waals surface area contributed by atoms with E-state index < -0.39 is 11.8 Å². The number of carbonyl (C=O) groups is 2. The van der Waals surface area contributed by atoms with E-state index in [1.165, 1.54) is 28.3 Å². The second-order valence-electron chi connectivity index (χ2n) is 5.45. The van der Waals surface area contributed by atoms with Crippen molar-refractivity contribution >= 4 is 64.0 Å². The average molecular weight is 432 g/mol. The summed E-state index contributed by atoms with van der Waals surface area (Å²) in [5, 5.41) is 11.9. The summed E-state index contributed by atoms with van der Waals surface area (Å²) in [6.45, 7) is 0. The maximum Gasteiger partial charge on any atom is 0.254 e. The number of amides is 2. The zero-order chi connectivity index (χ0) is 20.1. The van der Waals surface area contributed by atoms with Gasteiger partial charge in [0.05, 0.1) is 11.9 Å². The molecule has 0 unspecified atom stereocenters. The van der Waals surface area contributed by atoms with Crippen molar-refractivity contribution in [3.05, 3.63) is 69.5 Å². The standard InChI is InChI=1S/C18H14ClN5O2S2/c19-11-3-1-4-12(9-11)24-17(14(10-21-24)16(20)26)23-18(27)22-15(25)7-6-13-5-2-8-28-13/h1-10H,(H2,20,26)(H2,22,23,25,27). The number of benzene rings is 1. The fraction of sp³-hybridized carbons (Fsp3) is 0. The first-order chi connectivity index (χ1) is 13.4. The summed E-state index contributed by atoms with van der Waals surface area (Å²) >= 11 is 12.7. The van der Waals surface area contributed by atoms with Gasteiger partial charge < -0.3 is 11.1 Å². The van der Waals surface area contributed by atoms with Crippen LogP contribution in [0.3, 0.4) is 0 Å². The molecule has 28 heavy (non-hydrogen) atoms. The Hall–Kier alpha value is -3.01. The molecule has 2 heterocycles. The molecule has 0 atom stereocenters. The number of carbonyl (C=O) groups excluding carboxylic acids is 2. The van der Waals surface area contributed by atoms with E-state index in [0.717, 1.165) is 4.88 Å². The van der Waals surface area contributed by atoms with Gasteiger partial charge in [-0.3, -0.25) is 14.9 Å². The Morgan fingerprint density at radius 1 is 1.29 bits per heavy atom. The SMILES string of the molecule is NC(=O)c1cnn(-c2cccc(Cl)c2)c1NC(=S)NC(=O)C=Cc1cccs1. The van der Waals surface area contributed by atoms with Gasteiger partial charge in [-0.2, -0.15) is 5.10 Å². The van der Waals surface area contributed by atoms with E-state index in [0.29, 0.717) is 10.7 Å². The van der Waals surface area contributed by atoms with Crippen LogP contribution in [0.25, 0.3) is 11.8 Å². The van der Waals surface area contributed by atoms with Crippen LogP contribution in [0.15, 0.2) is 54.1 Å². The first-order valence-corrected chi connectivity index (χ1v) is 9.58. The molecule has 0 radical (unpaired) electrons. The topological polar surface area (TPSA) is 102 Å². The number of anilines is 1. The molecule has 0 spiro atoms. The monoisotopic (exact) mass is 431 g/mol. The van der Waals surface area contributed by atoms with Gasteiger partial charge in [-0.05, 0) is 47.9 Å². The minimum Gasteiger partial charge on any atom is -0.365 e. The molecule has 2 aromatic heterocycles. The van der Waals surface area contributed by atoms with E-state index in [4.69, 9.17) is 29.6 Å². The molecule has 0 aliphatic rings. The van der Waals surface area contributed by atoms with Gasteiger partial charge in [0.15, 0.2) is 5.11 Å². The highest BCUT2D eigenvalue weighted by Crippen LogP contribution is 2.22. The van der Waals surface area contributed by atoms with Crippen LogP contribution in [0.1, 0.15) is 15.2 Å². The Kier molecular flexibility index (Phi) is 6.19. The van der Waals surface area contributed by atoms with Crippen LogP contribution < -0.4 is 16.4 Å². The molecular weight excluding hydrogens is 418 g/mol. The molecular formula is C18H14ClN5O2S2. The zero-order valence-electron chi connectivity index (χ0n) is 14.3. The number of thiocarbonyl (C=S) groups is 1. The minimum atomic E-state index is -0.692. The van der Waals surface area contributed by atoms with E-state index in [-0.39, 0.29) is 16.5 Å². The molecule has 10 heteroatoms. The van der Waals surface area contributed by atoms with E-state index in [1.54, 1.807) is 30.3 Å².